The molecule has 1 heterocycles. The van der Waals surface area contributed by atoms with Crippen molar-refractivity contribution in [3.63, 3.8) is 0 Å². The maximum atomic E-state index is 10.2. The second kappa shape index (κ2) is 3.71. The minimum Gasteiger partial charge on any atom is -0.388 e. The zero-order valence-electron chi connectivity index (χ0n) is 8.59. The summed E-state index contributed by atoms with van der Waals surface area (Å²) in [4.78, 5) is 0. The molecular weight excluding hydrogens is 174 g/mol. The van der Waals surface area contributed by atoms with Crippen LogP contribution >= 0.6 is 0 Å². The van der Waals surface area contributed by atoms with Crippen molar-refractivity contribution in [1.29, 1.82) is 0 Å². The molecule has 0 aliphatic carbocycles. The summed E-state index contributed by atoms with van der Waals surface area (Å²) >= 11 is 0. The molecule has 1 aromatic carbocycles. The lowest BCUT2D eigenvalue weighted by Crippen LogP contribution is -2.33. The predicted molar refractivity (Wildman–Crippen MR) is 57.3 cm³/mol. The van der Waals surface area contributed by atoms with Crippen molar-refractivity contribution >= 4 is 0 Å². The molecule has 14 heavy (non-hydrogen) atoms. The van der Waals surface area contributed by atoms with Crippen LogP contribution in [-0.4, -0.2) is 23.8 Å². The van der Waals surface area contributed by atoms with Gasteiger partial charge in [0.2, 0.25) is 0 Å². The fraction of sp³-hybridized carbons (Fsp3) is 0.500. The van der Waals surface area contributed by atoms with Gasteiger partial charge in [-0.25, -0.2) is 0 Å². The molecule has 1 aromatic rings. The Morgan fingerprint density at radius 1 is 1.36 bits per heavy atom. The van der Waals surface area contributed by atoms with Crippen LogP contribution in [0.5, 0.6) is 0 Å². The van der Waals surface area contributed by atoms with Gasteiger partial charge in [0.15, 0.2) is 0 Å². The highest BCUT2D eigenvalue weighted by Gasteiger charge is 2.30. The van der Waals surface area contributed by atoms with Gasteiger partial charge < -0.3 is 10.4 Å². The zero-order chi connectivity index (χ0) is 10.0. The summed E-state index contributed by atoms with van der Waals surface area (Å²) in [5.41, 5.74) is 1.97. The second-order valence-corrected chi connectivity index (χ2v) is 4.31. The predicted octanol–water partition coefficient (Wildman–Crippen LogP) is 1.26. The van der Waals surface area contributed by atoms with Crippen molar-refractivity contribution in [2.75, 3.05) is 13.1 Å². The van der Waals surface area contributed by atoms with E-state index in [0.29, 0.717) is 0 Å². The largest absolute Gasteiger partial charge is 0.388 e. The lowest BCUT2D eigenvalue weighted by atomic mass is 9.93. The number of benzene rings is 1. The summed E-state index contributed by atoms with van der Waals surface area (Å²) in [7, 11) is 0. The Kier molecular flexibility index (Phi) is 2.57. The van der Waals surface area contributed by atoms with E-state index in [1.807, 2.05) is 0 Å². The lowest BCUT2D eigenvalue weighted by molar-refractivity contribution is 0.0619. The summed E-state index contributed by atoms with van der Waals surface area (Å²) in [5.74, 6) is 0. The first-order chi connectivity index (χ1) is 6.68. The highest BCUT2D eigenvalue weighted by molar-refractivity contribution is 5.23. The van der Waals surface area contributed by atoms with E-state index in [0.717, 1.165) is 25.9 Å². The lowest BCUT2D eigenvalue weighted by Gasteiger charge is -2.21. The summed E-state index contributed by atoms with van der Waals surface area (Å²) in [6, 6.07) is 8.40. The van der Waals surface area contributed by atoms with Crippen LogP contribution in [0.3, 0.4) is 0 Å². The number of hydrogen-bond acceptors (Lipinski definition) is 2. The Morgan fingerprint density at radius 2 is 2.07 bits per heavy atom. The molecule has 76 valence electrons. The van der Waals surface area contributed by atoms with Crippen LogP contribution in [0, 0.1) is 6.92 Å². The quantitative estimate of drug-likeness (QED) is 0.737. The maximum Gasteiger partial charge on any atom is 0.0823 e. The van der Waals surface area contributed by atoms with E-state index >= 15 is 0 Å². The molecule has 2 rings (SSSR count). The van der Waals surface area contributed by atoms with Gasteiger partial charge in [-0.3, -0.25) is 0 Å². The van der Waals surface area contributed by atoms with E-state index in [1.54, 1.807) is 0 Å². The summed E-state index contributed by atoms with van der Waals surface area (Å²) in [5, 5.41) is 13.3. The molecule has 2 nitrogen and oxygen atoms in total. The van der Waals surface area contributed by atoms with Crippen LogP contribution in [0.1, 0.15) is 17.5 Å². The number of hydrogen-bond donors (Lipinski definition) is 2. The Balaban J connectivity index is 2.06. The molecule has 1 saturated heterocycles. The van der Waals surface area contributed by atoms with Crippen molar-refractivity contribution < 1.29 is 5.11 Å². The molecule has 1 atom stereocenters. The van der Waals surface area contributed by atoms with Crippen molar-refractivity contribution in [3.05, 3.63) is 35.4 Å². The maximum absolute atomic E-state index is 10.2. The first-order valence-electron chi connectivity index (χ1n) is 5.17. The Bertz CT molecular complexity index is 299. The van der Waals surface area contributed by atoms with Gasteiger partial charge in [-0.05, 0) is 25.5 Å². The van der Waals surface area contributed by atoms with E-state index < -0.39 is 5.60 Å². The van der Waals surface area contributed by atoms with E-state index in [4.69, 9.17) is 0 Å². The molecule has 1 unspecified atom stereocenters. The molecule has 1 aliphatic rings. The molecular formula is C12H17NO. The number of β-amino-alcohol motifs (C(OH)–C–C–N with tert-alkyl or cyclic N) is 1. The fourth-order valence-electron chi connectivity index (χ4n) is 1.97. The van der Waals surface area contributed by atoms with Crippen molar-refractivity contribution in [3.8, 4) is 0 Å². The Hall–Kier alpha value is -0.860. The molecule has 0 spiro atoms. The van der Waals surface area contributed by atoms with Crippen LogP contribution in [0.25, 0.3) is 0 Å². The third kappa shape index (κ3) is 2.14. The Morgan fingerprint density at radius 3 is 2.64 bits per heavy atom. The Labute approximate surface area is 85.0 Å². The van der Waals surface area contributed by atoms with Gasteiger partial charge in [0, 0.05) is 13.0 Å². The number of nitrogens with one attached hydrogen (secondary N) is 1. The number of aliphatic hydroxyl groups is 1. The van der Waals surface area contributed by atoms with E-state index in [9.17, 15) is 5.11 Å². The third-order valence-electron chi connectivity index (χ3n) is 2.87. The molecule has 0 amide bonds. The topological polar surface area (TPSA) is 32.3 Å². The van der Waals surface area contributed by atoms with Crippen molar-refractivity contribution in [1.82, 2.24) is 5.32 Å². The molecule has 2 N–H and O–H groups in total. The highest BCUT2D eigenvalue weighted by Crippen LogP contribution is 2.20. The van der Waals surface area contributed by atoms with Gasteiger partial charge in [-0.15, -0.1) is 0 Å². The molecule has 1 fully saturated rings. The fourth-order valence-corrected chi connectivity index (χ4v) is 1.97. The van der Waals surface area contributed by atoms with Crippen LogP contribution in [0.4, 0.5) is 0 Å². The number of aryl methyl sites for hydroxylation is 1. The standard InChI is InChI=1S/C12H17NO/c1-10-2-4-11(5-3-10)8-12(14)6-7-13-9-12/h2-5,13-14H,6-9H2,1H3. The summed E-state index contributed by atoms with van der Waals surface area (Å²) in [6.07, 6.45) is 1.63. The molecule has 1 aliphatic heterocycles. The molecule has 2 heteroatoms. The monoisotopic (exact) mass is 191 g/mol. The van der Waals surface area contributed by atoms with Gasteiger partial charge in [-0.2, -0.15) is 0 Å². The SMILES string of the molecule is Cc1ccc(CC2(O)CCNC2)cc1. The van der Waals surface area contributed by atoms with E-state index in [-0.39, 0.29) is 0 Å². The molecule has 0 bridgehead atoms. The van der Waals surface area contributed by atoms with E-state index in [2.05, 4.69) is 36.5 Å². The number of rotatable bonds is 2. The van der Waals surface area contributed by atoms with Crippen LogP contribution in [0.15, 0.2) is 24.3 Å². The average Bonchev–Trinajstić information content (AvgIpc) is 2.57. The van der Waals surface area contributed by atoms with Gasteiger partial charge in [-0.1, -0.05) is 29.8 Å². The van der Waals surface area contributed by atoms with Gasteiger partial charge in [0.05, 0.1) is 5.60 Å². The highest BCUT2D eigenvalue weighted by atomic mass is 16.3. The van der Waals surface area contributed by atoms with E-state index in [1.165, 1.54) is 11.1 Å². The molecule has 0 saturated carbocycles. The minimum atomic E-state index is -0.519. The van der Waals surface area contributed by atoms with Gasteiger partial charge >= 0.3 is 0 Å². The van der Waals surface area contributed by atoms with Crippen LogP contribution in [0.2, 0.25) is 0 Å². The molecule has 0 aromatic heterocycles. The summed E-state index contributed by atoms with van der Waals surface area (Å²) < 4.78 is 0. The molecule has 0 radical (unpaired) electrons. The van der Waals surface area contributed by atoms with Crippen LogP contribution in [-0.2, 0) is 6.42 Å². The zero-order valence-corrected chi connectivity index (χ0v) is 8.59. The minimum absolute atomic E-state index is 0.519. The van der Waals surface area contributed by atoms with Crippen LogP contribution < -0.4 is 5.32 Å². The van der Waals surface area contributed by atoms with Crippen molar-refractivity contribution in [2.45, 2.75) is 25.4 Å². The normalized spacial score (nSPS) is 26.7. The third-order valence-corrected chi connectivity index (χ3v) is 2.87. The smallest absolute Gasteiger partial charge is 0.0823 e. The van der Waals surface area contributed by atoms with Crippen molar-refractivity contribution in [2.24, 2.45) is 0 Å². The second-order valence-electron chi connectivity index (χ2n) is 4.31. The average molecular weight is 191 g/mol. The first kappa shape index (κ1) is 9.69. The first-order valence-corrected chi connectivity index (χ1v) is 5.17. The van der Waals surface area contributed by atoms with Gasteiger partial charge in [0.25, 0.3) is 0 Å². The van der Waals surface area contributed by atoms with Gasteiger partial charge in [0.1, 0.15) is 0 Å². The summed E-state index contributed by atoms with van der Waals surface area (Å²) in [6.45, 7) is 3.73.